The van der Waals surface area contributed by atoms with Gasteiger partial charge < -0.3 is 4.57 Å². The third-order valence-electron chi connectivity index (χ3n) is 4.79. The lowest BCUT2D eigenvalue weighted by Crippen LogP contribution is -2.21. The summed E-state index contributed by atoms with van der Waals surface area (Å²) >= 11 is 0. The molecule has 6 heteroatoms. The Morgan fingerprint density at radius 3 is 2.92 bits per heavy atom. The second kappa shape index (κ2) is 7.19. The number of hydrogen-bond acceptors (Lipinski definition) is 4. The van der Waals surface area contributed by atoms with Gasteiger partial charge in [0.2, 0.25) is 0 Å². The Bertz CT molecular complexity index is 806. The van der Waals surface area contributed by atoms with Crippen LogP contribution in [0, 0.1) is 0 Å². The number of imidazole rings is 1. The molecule has 0 spiro atoms. The standard InChI is InChI=1S/C19H24N6/c1-2-10-24-12-9-20-19(24)18-15-25(22-21-18)17-8-11-23(14-17)13-16-6-4-3-5-7-16/h3-7,9,12,15,17H,2,8,10-11,13-14H2,1H3/t17-/m1/s1. The van der Waals surface area contributed by atoms with E-state index in [1.807, 2.05) is 23.3 Å². The highest BCUT2D eigenvalue weighted by Crippen LogP contribution is 2.24. The fourth-order valence-corrected chi connectivity index (χ4v) is 3.53. The zero-order valence-electron chi connectivity index (χ0n) is 14.6. The Labute approximate surface area is 148 Å². The Hall–Kier alpha value is -2.47. The molecule has 6 nitrogen and oxygen atoms in total. The normalized spacial score (nSPS) is 18.0. The van der Waals surface area contributed by atoms with Crippen LogP contribution < -0.4 is 0 Å². The van der Waals surface area contributed by atoms with Gasteiger partial charge in [0, 0.05) is 38.6 Å². The predicted molar refractivity (Wildman–Crippen MR) is 96.9 cm³/mol. The lowest BCUT2D eigenvalue weighted by Gasteiger charge is -2.15. The molecule has 4 rings (SSSR count). The Morgan fingerprint density at radius 2 is 2.08 bits per heavy atom. The van der Waals surface area contributed by atoms with E-state index < -0.39 is 0 Å². The largest absolute Gasteiger partial charge is 0.330 e. The number of benzene rings is 1. The van der Waals surface area contributed by atoms with E-state index in [1.54, 1.807) is 0 Å². The fourth-order valence-electron chi connectivity index (χ4n) is 3.53. The molecule has 130 valence electrons. The van der Waals surface area contributed by atoms with Gasteiger partial charge in [-0.1, -0.05) is 42.5 Å². The van der Waals surface area contributed by atoms with Crippen LogP contribution in [0.3, 0.4) is 0 Å². The Kier molecular flexibility index (Phi) is 4.61. The molecule has 1 atom stereocenters. The van der Waals surface area contributed by atoms with Crippen LogP contribution in [0.25, 0.3) is 11.5 Å². The van der Waals surface area contributed by atoms with Gasteiger partial charge >= 0.3 is 0 Å². The molecule has 1 aliphatic rings. The van der Waals surface area contributed by atoms with Crippen LogP contribution in [0.2, 0.25) is 0 Å². The van der Waals surface area contributed by atoms with Crippen LogP contribution in [-0.4, -0.2) is 42.5 Å². The summed E-state index contributed by atoms with van der Waals surface area (Å²) < 4.78 is 4.16. The molecule has 2 aromatic heterocycles. The van der Waals surface area contributed by atoms with E-state index in [2.05, 4.69) is 62.0 Å². The maximum absolute atomic E-state index is 4.45. The number of aromatic nitrogens is 5. The summed E-state index contributed by atoms with van der Waals surface area (Å²) in [6, 6.07) is 11.0. The summed E-state index contributed by atoms with van der Waals surface area (Å²) in [5, 5.41) is 8.75. The van der Waals surface area contributed by atoms with E-state index in [0.717, 1.165) is 50.5 Å². The molecule has 0 radical (unpaired) electrons. The number of nitrogens with zero attached hydrogens (tertiary/aromatic N) is 6. The third-order valence-corrected chi connectivity index (χ3v) is 4.79. The Morgan fingerprint density at radius 1 is 1.20 bits per heavy atom. The highest BCUT2D eigenvalue weighted by atomic mass is 15.5. The minimum atomic E-state index is 0.388. The molecule has 25 heavy (non-hydrogen) atoms. The van der Waals surface area contributed by atoms with E-state index in [0.29, 0.717) is 6.04 Å². The zero-order valence-corrected chi connectivity index (χ0v) is 14.6. The van der Waals surface area contributed by atoms with Crippen molar-refractivity contribution in [3.05, 3.63) is 54.5 Å². The number of likely N-dealkylation sites (tertiary alicyclic amines) is 1. The lowest BCUT2D eigenvalue weighted by atomic mass is 10.2. The van der Waals surface area contributed by atoms with Gasteiger partial charge in [-0.2, -0.15) is 0 Å². The first-order valence-corrected chi connectivity index (χ1v) is 9.03. The van der Waals surface area contributed by atoms with Crippen molar-refractivity contribution >= 4 is 0 Å². The van der Waals surface area contributed by atoms with E-state index >= 15 is 0 Å². The van der Waals surface area contributed by atoms with Crippen molar-refractivity contribution in [2.75, 3.05) is 13.1 Å². The first-order chi connectivity index (χ1) is 12.3. The van der Waals surface area contributed by atoms with Crippen molar-refractivity contribution in [2.45, 2.75) is 38.9 Å². The molecule has 0 bridgehead atoms. The van der Waals surface area contributed by atoms with Crippen LogP contribution in [0.1, 0.15) is 31.4 Å². The van der Waals surface area contributed by atoms with Gasteiger partial charge in [-0.3, -0.25) is 4.90 Å². The van der Waals surface area contributed by atoms with Crippen LogP contribution in [0.15, 0.2) is 48.9 Å². The average molecular weight is 336 g/mol. The molecule has 0 saturated carbocycles. The maximum atomic E-state index is 4.45. The van der Waals surface area contributed by atoms with Crippen LogP contribution in [0.4, 0.5) is 0 Å². The second-order valence-corrected chi connectivity index (χ2v) is 6.69. The molecule has 3 heterocycles. The summed E-state index contributed by atoms with van der Waals surface area (Å²) in [7, 11) is 0. The van der Waals surface area contributed by atoms with E-state index in [-0.39, 0.29) is 0 Å². The molecule has 0 N–H and O–H groups in total. The smallest absolute Gasteiger partial charge is 0.162 e. The monoisotopic (exact) mass is 336 g/mol. The maximum Gasteiger partial charge on any atom is 0.162 e. The van der Waals surface area contributed by atoms with Gasteiger partial charge in [0.15, 0.2) is 5.82 Å². The number of rotatable bonds is 6. The van der Waals surface area contributed by atoms with Gasteiger partial charge in [0.05, 0.1) is 12.2 Å². The molecular weight excluding hydrogens is 312 g/mol. The van der Waals surface area contributed by atoms with Gasteiger partial charge in [-0.05, 0) is 18.4 Å². The first kappa shape index (κ1) is 16.0. The lowest BCUT2D eigenvalue weighted by molar-refractivity contribution is 0.310. The SMILES string of the molecule is CCCn1ccnc1-c1cn([C@@H]2CCN(Cc3ccccc3)C2)nn1. The van der Waals surface area contributed by atoms with Gasteiger partial charge in [0.1, 0.15) is 5.69 Å². The fraction of sp³-hybridized carbons (Fsp3) is 0.421. The highest BCUT2D eigenvalue weighted by Gasteiger charge is 2.25. The van der Waals surface area contributed by atoms with E-state index in [9.17, 15) is 0 Å². The van der Waals surface area contributed by atoms with Crippen LogP contribution in [-0.2, 0) is 13.1 Å². The molecule has 1 aliphatic heterocycles. The summed E-state index contributed by atoms with van der Waals surface area (Å²) in [6.07, 6.45) is 8.08. The molecular formula is C19H24N6. The van der Waals surface area contributed by atoms with Gasteiger partial charge in [-0.15, -0.1) is 5.10 Å². The number of aryl methyl sites for hydroxylation is 1. The summed E-state index contributed by atoms with van der Waals surface area (Å²) in [4.78, 5) is 6.94. The minimum Gasteiger partial charge on any atom is -0.330 e. The van der Waals surface area contributed by atoms with Crippen molar-refractivity contribution in [3.8, 4) is 11.5 Å². The summed E-state index contributed by atoms with van der Waals surface area (Å²) in [5.41, 5.74) is 2.23. The minimum absolute atomic E-state index is 0.388. The molecule has 3 aromatic rings. The molecule has 1 saturated heterocycles. The van der Waals surface area contributed by atoms with Crippen molar-refractivity contribution in [1.29, 1.82) is 0 Å². The van der Waals surface area contributed by atoms with Gasteiger partial charge in [0.25, 0.3) is 0 Å². The molecule has 1 fully saturated rings. The highest BCUT2D eigenvalue weighted by molar-refractivity contribution is 5.47. The Balaban J connectivity index is 1.43. The van der Waals surface area contributed by atoms with Crippen molar-refractivity contribution < 1.29 is 0 Å². The topological polar surface area (TPSA) is 51.8 Å². The quantitative estimate of drug-likeness (QED) is 0.694. The average Bonchev–Trinajstić information content (AvgIpc) is 3.35. The van der Waals surface area contributed by atoms with E-state index in [4.69, 9.17) is 0 Å². The second-order valence-electron chi connectivity index (χ2n) is 6.69. The molecule has 0 unspecified atom stereocenters. The molecule has 0 amide bonds. The molecule has 0 aliphatic carbocycles. The van der Waals surface area contributed by atoms with Crippen LogP contribution >= 0.6 is 0 Å². The van der Waals surface area contributed by atoms with Crippen molar-refractivity contribution in [3.63, 3.8) is 0 Å². The number of hydrogen-bond donors (Lipinski definition) is 0. The van der Waals surface area contributed by atoms with E-state index in [1.165, 1.54) is 5.56 Å². The van der Waals surface area contributed by atoms with Crippen LogP contribution in [0.5, 0.6) is 0 Å². The molecule has 1 aromatic carbocycles. The predicted octanol–water partition coefficient (Wildman–Crippen LogP) is 3.00. The first-order valence-electron chi connectivity index (χ1n) is 9.03. The summed E-state index contributed by atoms with van der Waals surface area (Å²) in [6.45, 7) is 6.23. The zero-order chi connectivity index (χ0) is 17.1. The van der Waals surface area contributed by atoms with Crippen molar-refractivity contribution in [2.24, 2.45) is 0 Å². The summed E-state index contributed by atoms with van der Waals surface area (Å²) in [5.74, 6) is 0.909. The van der Waals surface area contributed by atoms with Gasteiger partial charge in [-0.25, -0.2) is 9.67 Å². The third kappa shape index (κ3) is 3.49. The van der Waals surface area contributed by atoms with Crippen molar-refractivity contribution in [1.82, 2.24) is 29.4 Å².